The molecule has 2 saturated carbocycles. The summed E-state index contributed by atoms with van der Waals surface area (Å²) in [6.45, 7) is 5.28. The van der Waals surface area contributed by atoms with E-state index >= 15 is 0 Å². The Morgan fingerprint density at radius 2 is 1.82 bits per heavy atom. The molecule has 2 aliphatic carbocycles. The second-order valence-corrected chi connectivity index (χ2v) is 7.66. The molecule has 3 unspecified atom stereocenters. The third-order valence-electron chi connectivity index (χ3n) is 6.07. The van der Waals surface area contributed by atoms with Crippen molar-refractivity contribution >= 4 is 6.03 Å². The Kier molecular flexibility index (Phi) is 5.99. The van der Waals surface area contributed by atoms with Crippen LogP contribution in [0.4, 0.5) is 4.79 Å². The van der Waals surface area contributed by atoms with Crippen LogP contribution in [0.5, 0.6) is 0 Å². The maximum Gasteiger partial charge on any atom is 0.314 e. The van der Waals surface area contributed by atoms with E-state index in [0.29, 0.717) is 0 Å². The van der Waals surface area contributed by atoms with Crippen LogP contribution in [0, 0.1) is 17.8 Å². The number of carbonyl (C=O) groups is 1. The highest BCUT2D eigenvalue weighted by molar-refractivity contribution is 5.73. The smallest absolute Gasteiger partial charge is 0.314 e. The molecular weight excluding hydrogens is 274 g/mol. The Hall–Kier alpha value is -0.770. The SMILES string of the molecule is O=C(NCCCN1CCCCC1)NCCC1CC2CCC1C2. The van der Waals surface area contributed by atoms with Gasteiger partial charge in [0.05, 0.1) is 0 Å². The van der Waals surface area contributed by atoms with Crippen molar-refractivity contribution in [1.29, 1.82) is 0 Å². The molecule has 2 bridgehead atoms. The average Bonchev–Trinajstić information content (AvgIpc) is 3.15. The number of likely N-dealkylation sites (tertiary alicyclic amines) is 1. The van der Waals surface area contributed by atoms with Gasteiger partial charge in [-0.05, 0) is 82.3 Å². The zero-order valence-corrected chi connectivity index (χ0v) is 14.0. The highest BCUT2D eigenvalue weighted by Crippen LogP contribution is 2.49. The molecule has 2 N–H and O–H groups in total. The third kappa shape index (κ3) is 4.61. The van der Waals surface area contributed by atoms with Gasteiger partial charge in [0, 0.05) is 13.1 Å². The second-order valence-electron chi connectivity index (χ2n) is 7.66. The van der Waals surface area contributed by atoms with Crippen LogP contribution in [0.3, 0.4) is 0 Å². The van der Waals surface area contributed by atoms with Gasteiger partial charge in [0.25, 0.3) is 0 Å². The highest BCUT2D eigenvalue weighted by Gasteiger charge is 2.38. The molecule has 3 rings (SSSR count). The third-order valence-corrected chi connectivity index (χ3v) is 6.07. The molecule has 0 aromatic rings. The first kappa shape index (κ1) is 16.1. The zero-order chi connectivity index (χ0) is 15.2. The van der Waals surface area contributed by atoms with Gasteiger partial charge in [-0.3, -0.25) is 0 Å². The van der Waals surface area contributed by atoms with E-state index in [0.717, 1.165) is 43.8 Å². The standard InChI is InChI=1S/C18H33N3O/c22-18(19-8-4-12-21-10-2-1-3-11-21)20-9-7-17-14-15-5-6-16(17)13-15/h15-17H,1-14H2,(H2,19,20,22). The van der Waals surface area contributed by atoms with Crippen LogP contribution < -0.4 is 10.6 Å². The molecule has 0 spiro atoms. The number of hydrogen-bond donors (Lipinski definition) is 2. The first-order valence-electron chi connectivity index (χ1n) is 9.55. The number of piperidine rings is 1. The predicted octanol–water partition coefficient (Wildman–Crippen LogP) is 2.99. The molecule has 1 saturated heterocycles. The van der Waals surface area contributed by atoms with Gasteiger partial charge in [0.1, 0.15) is 0 Å². The molecule has 0 radical (unpaired) electrons. The summed E-state index contributed by atoms with van der Waals surface area (Å²) in [5.41, 5.74) is 0. The van der Waals surface area contributed by atoms with Gasteiger partial charge in [0.2, 0.25) is 0 Å². The number of hydrogen-bond acceptors (Lipinski definition) is 2. The molecule has 0 aromatic heterocycles. The van der Waals surface area contributed by atoms with Gasteiger partial charge in [0.15, 0.2) is 0 Å². The van der Waals surface area contributed by atoms with E-state index in [1.165, 1.54) is 64.5 Å². The quantitative estimate of drug-likeness (QED) is 0.710. The summed E-state index contributed by atoms with van der Waals surface area (Å²) in [6.07, 6.45) is 12.1. The monoisotopic (exact) mass is 307 g/mol. The number of carbonyl (C=O) groups excluding carboxylic acids is 1. The molecule has 1 heterocycles. The van der Waals surface area contributed by atoms with E-state index in [2.05, 4.69) is 15.5 Å². The molecule has 3 fully saturated rings. The molecule has 1 aliphatic heterocycles. The number of nitrogens with one attached hydrogen (secondary N) is 2. The summed E-state index contributed by atoms with van der Waals surface area (Å²) in [7, 11) is 0. The molecule has 4 heteroatoms. The number of fused-ring (bicyclic) bond motifs is 2. The van der Waals surface area contributed by atoms with Crippen LogP contribution in [0.25, 0.3) is 0 Å². The summed E-state index contributed by atoms with van der Waals surface area (Å²) in [5.74, 6) is 2.87. The van der Waals surface area contributed by atoms with E-state index in [9.17, 15) is 4.79 Å². The van der Waals surface area contributed by atoms with Gasteiger partial charge in [-0.25, -0.2) is 4.79 Å². The van der Waals surface area contributed by atoms with Gasteiger partial charge in [-0.2, -0.15) is 0 Å². The molecule has 2 amide bonds. The normalized spacial score (nSPS) is 31.4. The fraction of sp³-hybridized carbons (Fsp3) is 0.944. The minimum atomic E-state index is 0.0294. The maximum atomic E-state index is 11.8. The fourth-order valence-corrected chi connectivity index (χ4v) is 4.85. The summed E-state index contributed by atoms with van der Waals surface area (Å²) < 4.78 is 0. The van der Waals surface area contributed by atoms with Crippen molar-refractivity contribution < 1.29 is 4.79 Å². The number of rotatable bonds is 7. The van der Waals surface area contributed by atoms with Crippen LogP contribution in [0.2, 0.25) is 0 Å². The van der Waals surface area contributed by atoms with Crippen LogP contribution in [-0.4, -0.2) is 43.7 Å². The maximum absolute atomic E-state index is 11.8. The Morgan fingerprint density at radius 3 is 2.55 bits per heavy atom. The first-order chi connectivity index (χ1) is 10.8. The van der Waals surface area contributed by atoms with Crippen molar-refractivity contribution in [2.45, 2.75) is 57.8 Å². The van der Waals surface area contributed by atoms with E-state index in [1.807, 2.05) is 0 Å². The molecule has 126 valence electrons. The van der Waals surface area contributed by atoms with E-state index in [1.54, 1.807) is 0 Å². The van der Waals surface area contributed by atoms with Crippen molar-refractivity contribution in [1.82, 2.24) is 15.5 Å². The van der Waals surface area contributed by atoms with Gasteiger partial charge < -0.3 is 15.5 Å². The molecule has 22 heavy (non-hydrogen) atoms. The van der Waals surface area contributed by atoms with Crippen LogP contribution in [0.1, 0.15) is 57.8 Å². The Balaban J connectivity index is 1.18. The van der Waals surface area contributed by atoms with Crippen molar-refractivity contribution in [3.8, 4) is 0 Å². The highest BCUT2D eigenvalue weighted by atomic mass is 16.2. The lowest BCUT2D eigenvalue weighted by Crippen LogP contribution is -2.38. The topological polar surface area (TPSA) is 44.4 Å². The fourth-order valence-electron chi connectivity index (χ4n) is 4.85. The summed E-state index contributed by atoms with van der Waals surface area (Å²) >= 11 is 0. The van der Waals surface area contributed by atoms with Crippen molar-refractivity contribution in [3.05, 3.63) is 0 Å². The van der Waals surface area contributed by atoms with Crippen LogP contribution in [-0.2, 0) is 0 Å². The molecular formula is C18H33N3O. The minimum absolute atomic E-state index is 0.0294. The van der Waals surface area contributed by atoms with Gasteiger partial charge in [-0.15, -0.1) is 0 Å². The number of nitrogens with zero attached hydrogens (tertiary/aromatic N) is 1. The van der Waals surface area contributed by atoms with Gasteiger partial charge >= 0.3 is 6.03 Å². The predicted molar refractivity (Wildman–Crippen MR) is 89.9 cm³/mol. The molecule has 4 nitrogen and oxygen atoms in total. The average molecular weight is 307 g/mol. The zero-order valence-electron chi connectivity index (χ0n) is 14.0. The Labute approximate surface area is 135 Å². The molecule has 3 atom stereocenters. The van der Waals surface area contributed by atoms with E-state index < -0.39 is 0 Å². The molecule has 0 aromatic carbocycles. The molecule has 3 aliphatic rings. The van der Waals surface area contributed by atoms with E-state index in [4.69, 9.17) is 0 Å². The summed E-state index contributed by atoms with van der Waals surface area (Å²) in [5, 5.41) is 6.05. The largest absolute Gasteiger partial charge is 0.338 e. The van der Waals surface area contributed by atoms with E-state index in [-0.39, 0.29) is 6.03 Å². The number of urea groups is 1. The van der Waals surface area contributed by atoms with Crippen LogP contribution in [0.15, 0.2) is 0 Å². The van der Waals surface area contributed by atoms with Crippen molar-refractivity contribution in [3.63, 3.8) is 0 Å². The second kappa shape index (κ2) is 8.19. The van der Waals surface area contributed by atoms with Crippen molar-refractivity contribution in [2.24, 2.45) is 17.8 Å². The lowest BCUT2D eigenvalue weighted by Gasteiger charge is -2.26. The van der Waals surface area contributed by atoms with Crippen LogP contribution >= 0.6 is 0 Å². The first-order valence-corrected chi connectivity index (χ1v) is 9.55. The summed E-state index contributed by atoms with van der Waals surface area (Å²) in [6, 6.07) is 0.0294. The lowest BCUT2D eigenvalue weighted by molar-refractivity contribution is 0.222. The Bertz CT molecular complexity index is 354. The summed E-state index contributed by atoms with van der Waals surface area (Å²) in [4.78, 5) is 14.3. The number of amides is 2. The Morgan fingerprint density at radius 1 is 1.00 bits per heavy atom. The van der Waals surface area contributed by atoms with Gasteiger partial charge in [-0.1, -0.05) is 12.8 Å². The minimum Gasteiger partial charge on any atom is -0.338 e. The van der Waals surface area contributed by atoms with Crippen molar-refractivity contribution in [2.75, 3.05) is 32.7 Å². The lowest BCUT2D eigenvalue weighted by atomic mass is 9.86.